The van der Waals surface area contributed by atoms with Gasteiger partial charge in [0.25, 0.3) is 5.56 Å². The maximum absolute atomic E-state index is 13.3. The summed E-state index contributed by atoms with van der Waals surface area (Å²) in [6, 6.07) is 7.17. The highest BCUT2D eigenvalue weighted by atomic mass is 35.5. The number of rotatable bonds is 5. The molecule has 3 aromatic rings. The van der Waals surface area contributed by atoms with Gasteiger partial charge < -0.3 is 9.30 Å². The van der Waals surface area contributed by atoms with Crippen LogP contribution in [0.1, 0.15) is 37.1 Å². The molecule has 148 valence electrons. The van der Waals surface area contributed by atoms with Gasteiger partial charge in [-0.2, -0.15) is 0 Å². The molecule has 0 radical (unpaired) electrons. The summed E-state index contributed by atoms with van der Waals surface area (Å²) in [5.74, 6) is 0.949. The molecule has 1 fully saturated rings. The Bertz CT molecular complexity index is 1120. The molecule has 28 heavy (non-hydrogen) atoms. The van der Waals surface area contributed by atoms with Gasteiger partial charge in [-0.15, -0.1) is 0 Å². The minimum Gasteiger partial charge on any atom is -0.381 e. The van der Waals surface area contributed by atoms with E-state index < -0.39 is 0 Å². The van der Waals surface area contributed by atoms with E-state index in [4.69, 9.17) is 21.3 Å². The summed E-state index contributed by atoms with van der Waals surface area (Å²) in [5.41, 5.74) is 1.12. The molecule has 0 amide bonds. The van der Waals surface area contributed by atoms with Crippen LogP contribution in [0.2, 0.25) is 5.02 Å². The summed E-state index contributed by atoms with van der Waals surface area (Å²) in [7, 11) is 1.85. The van der Waals surface area contributed by atoms with Gasteiger partial charge in [0.05, 0.1) is 13.2 Å². The third-order valence-corrected chi connectivity index (χ3v) is 5.52. The summed E-state index contributed by atoms with van der Waals surface area (Å²) in [6.07, 6.45) is 1.64. The van der Waals surface area contributed by atoms with Gasteiger partial charge in [-0.3, -0.25) is 13.9 Å². The lowest BCUT2D eigenvalue weighted by Crippen LogP contribution is -2.40. The quantitative estimate of drug-likeness (QED) is 0.657. The van der Waals surface area contributed by atoms with E-state index in [2.05, 4.69) is 0 Å². The SMILES string of the molecule is CCCn1c(=O)n(Cc2ccc(Cl)cc2)c(=O)c2c1nc(C1CCOC1)n2C. The Hall–Kier alpha value is -2.38. The van der Waals surface area contributed by atoms with Crippen molar-refractivity contribution in [2.75, 3.05) is 13.2 Å². The Labute approximate surface area is 167 Å². The molecule has 8 heteroatoms. The monoisotopic (exact) mass is 402 g/mol. The van der Waals surface area contributed by atoms with Crippen molar-refractivity contribution in [2.45, 2.75) is 38.8 Å². The van der Waals surface area contributed by atoms with Crippen LogP contribution in [0.4, 0.5) is 0 Å². The summed E-state index contributed by atoms with van der Waals surface area (Å²) in [5, 5.41) is 0.616. The fourth-order valence-electron chi connectivity index (χ4n) is 3.82. The molecule has 7 nitrogen and oxygen atoms in total. The first-order valence-electron chi connectivity index (χ1n) is 9.53. The van der Waals surface area contributed by atoms with Gasteiger partial charge in [0, 0.05) is 31.1 Å². The Morgan fingerprint density at radius 1 is 1.21 bits per heavy atom. The molecule has 1 unspecified atom stereocenters. The van der Waals surface area contributed by atoms with E-state index in [1.807, 2.05) is 30.7 Å². The molecule has 0 spiro atoms. The average Bonchev–Trinajstić information content (AvgIpc) is 3.32. The number of halogens is 1. The fourth-order valence-corrected chi connectivity index (χ4v) is 3.95. The highest BCUT2D eigenvalue weighted by Crippen LogP contribution is 2.26. The van der Waals surface area contributed by atoms with Crippen molar-refractivity contribution >= 4 is 22.8 Å². The van der Waals surface area contributed by atoms with Crippen LogP contribution < -0.4 is 11.2 Å². The van der Waals surface area contributed by atoms with Crippen LogP contribution in [0.25, 0.3) is 11.2 Å². The molecule has 0 aliphatic carbocycles. The van der Waals surface area contributed by atoms with Crippen LogP contribution in [0.3, 0.4) is 0 Å². The lowest BCUT2D eigenvalue weighted by atomic mass is 10.1. The van der Waals surface area contributed by atoms with Crippen LogP contribution in [0, 0.1) is 0 Å². The van der Waals surface area contributed by atoms with Gasteiger partial charge in [0.2, 0.25) is 0 Å². The summed E-state index contributed by atoms with van der Waals surface area (Å²) >= 11 is 5.95. The van der Waals surface area contributed by atoms with Gasteiger partial charge in [0.1, 0.15) is 5.82 Å². The summed E-state index contributed by atoms with van der Waals surface area (Å²) < 4.78 is 10.2. The maximum atomic E-state index is 13.3. The summed E-state index contributed by atoms with van der Waals surface area (Å²) in [4.78, 5) is 31.1. The van der Waals surface area contributed by atoms with Crippen LogP contribution >= 0.6 is 11.6 Å². The fraction of sp³-hybridized carbons (Fsp3) is 0.450. The minimum absolute atomic E-state index is 0.145. The van der Waals surface area contributed by atoms with E-state index in [0.717, 1.165) is 24.2 Å². The first-order valence-corrected chi connectivity index (χ1v) is 9.91. The van der Waals surface area contributed by atoms with Crippen molar-refractivity contribution in [3.05, 3.63) is 61.5 Å². The normalized spacial score (nSPS) is 16.9. The van der Waals surface area contributed by atoms with E-state index in [9.17, 15) is 9.59 Å². The average molecular weight is 403 g/mol. The maximum Gasteiger partial charge on any atom is 0.333 e. The number of benzene rings is 1. The second-order valence-corrected chi connectivity index (χ2v) is 7.65. The molecule has 1 atom stereocenters. The lowest BCUT2D eigenvalue weighted by molar-refractivity contribution is 0.193. The summed E-state index contributed by atoms with van der Waals surface area (Å²) in [6.45, 7) is 3.99. The number of ether oxygens (including phenoxy) is 1. The van der Waals surface area contributed by atoms with Gasteiger partial charge in [-0.05, 0) is 30.5 Å². The molecule has 2 aromatic heterocycles. The topological polar surface area (TPSA) is 71.1 Å². The number of fused-ring (bicyclic) bond motifs is 1. The molecule has 0 saturated carbocycles. The van der Waals surface area contributed by atoms with Crippen molar-refractivity contribution in [2.24, 2.45) is 7.05 Å². The van der Waals surface area contributed by atoms with Crippen molar-refractivity contribution in [1.29, 1.82) is 0 Å². The zero-order chi connectivity index (χ0) is 19.8. The van der Waals surface area contributed by atoms with E-state index in [-0.39, 0.29) is 23.7 Å². The first-order chi connectivity index (χ1) is 13.5. The van der Waals surface area contributed by atoms with E-state index in [0.29, 0.717) is 35.9 Å². The van der Waals surface area contributed by atoms with Gasteiger partial charge >= 0.3 is 5.69 Å². The molecule has 0 bridgehead atoms. The molecule has 1 aromatic carbocycles. The van der Waals surface area contributed by atoms with Crippen LogP contribution in [-0.2, 0) is 24.9 Å². The molecule has 3 heterocycles. The van der Waals surface area contributed by atoms with Crippen molar-refractivity contribution in [1.82, 2.24) is 18.7 Å². The Kier molecular flexibility index (Phi) is 5.12. The number of aromatic nitrogens is 4. The smallest absolute Gasteiger partial charge is 0.333 e. The second-order valence-electron chi connectivity index (χ2n) is 7.21. The van der Waals surface area contributed by atoms with Crippen molar-refractivity contribution in [3.8, 4) is 0 Å². The number of hydrogen-bond acceptors (Lipinski definition) is 4. The highest BCUT2D eigenvalue weighted by molar-refractivity contribution is 6.30. The minimum atomic E-state index is -0.332. The second kappa shape index (κ2) is 7.56. The Balaban J connectivity index is 1.92. The largest absolute Gasteiger partial charge is 0.381 e. The molecule has 4 rings (SSSR count). The van der Waals surface area contributed by atoms with Gasteiger partial charge in [0.15, 0.2) is 11.2 Å². The lowest BCUT2D eigenvalue weighted by Gasteiger charge is -2.11. The molecule has 0 N–H and O–H groups in total. The molecule has 1 saturated heterocycles. The van der Waals surface area contributed by atoms with Crippen LogP contribution in [0.15, 0.2) is 33.9 Å². The van der Waals surface area contributed by atoms with Crippen LogP contribution in [-0.4, -0.2) is 31.9 Å². The molecule has 1 aliphatic heterocycles. The first kappa shape index (κ1) is 19.0. The molecule has 1 aliphatic rings. The predicted molar refractivity (Wildman–Crippen MR) is 108 cm³/mol. The number of nitrogens with zero attached hydrogens (tertiary/aromatic N) is 4. The third kappa shape index (κ3) is 3.18. The van der Waals surface area contributed by atoms with E-state index in [1.54, 1.807) is 16.7 Å². The van der Waals surface area contributed by atoms with Crippen molar-refractivity contribution < 1.29 is 4.74 Å². The Morgan fingerprint density at radius 2 is 1.96 bits per heavy atom. The third-order valence-electron chi connectivity index (χ3n) is 5.27. The molecular formula is C20H23ClN4O3. The number of aryl methyl sites for hydroxylation is 2. The van der Waals surface area contributed by atoms with Crippen LogP contribution in [0.5, 0.6) is 0 Å². The van der Waals surface area contributed by atoms with Crippen molar-refractivity contribution in [3.63, 3.8) is 0 Å². The van der Waals surface area contributed by atoms with E-state index in [1.165, 1.54) is 4.57 Å². The predicted octanol–water partition coefficient (Wildman–Crippen LogP) is 2.51. The van der Waals surface area contributed by atoms with Gasteiger partial charge in [-0.25, -0.2) is 9.78 Å². The standard InChI is InChI=1S/C20H23ClN4O3/c1-3-9-24-18-16(23(2)17(22-18)14-8-10-28-12-14)19(26)25(20(24)27)11-13-4-6-15(21)7-5-13/h4-7,14H,3,8-12H2,1-2H3. The molecular weight excluding hydrogens is 380 g/mol. The Morgan fingerprint density at radius 3 is 2.61 bits per heavy atom. The number of imidazole rings is 1. The van der Waals surface area contributed by atoms with E-state index >= 15 is 0 Å². The zero-order valence-corrected chi connectivity index (χ0v) is 16.8. The highest BCUT2D eigenvalue weighted by Gasteiger charge is 2.26. The zero-order valence-electron chi connectivity index (χ0n) is 16.0. The number of hydrogen-bond donors (Lipinski definition) is 0. The van der Waals surface area contributed by atoms with Gasteiger partial charge in [-0.1, -0.05) is 30.7 Å².